The highest BCUT2D eigenvalue weighted by atomic mass is 35.5. The van der Waals surface area contributed by atoms with E-state index in [4.69, 9.17) is 9.47 Å². The molecule has 8 nitrogen and oxygen atoms in total. The largest absolute Gasteiger partial charge is 0.482 e. The van der Waals surface area contributed by atoms with Gasteiger partial charge in [0.25, 0.3) is 0 Å². The molecule has 4 rings (SSSR count). The Morgan fingerprint density at radius 2 is 1.56 bits per heavy atom. The van der Waals surface area contributed by atoms with Gasteiger partial charge in [0.15, 0.2) is 6.61 Å². The fourth-order valence-corrected chi connectivity index (χ4v) is 4.84. The highest BCUT2D eigenvalue weighted by molar-refractivity contribution is 5.89. The Kier molecular flexibility index (Phi) is 12.2. The molecule has 2 N–H and O–H groups in total. The van der Waals surface area contributed by atoms with Gasteiger partial charge in [-0.3, -0.25) is 4.90 Å². The maximum atomic E-state index is 12.6. The summed E-state index contributed by atoms with van der Waals surface area (Å²) in [6.07, 6.45) is 7.80. The predicted octanol–water partition coefficient (Wildman–Crippen LogP) is 3.69. The summed E-state index contributed by atoms with van der Waals surface area (Å²) in [5, 5.41) is 6.37. The molecule has 0 atom stereocenters. The van der Waals surface area contributed by atoms with Crippen LogP contribution in [0.25, 0.3) is 0 Å². The van der Waals surface area contributed by atoms with Gasteiger partial charge in [0.2, 0.25) is 0 Å². The minimum absolute atomic E-state index is 0. The summed E-state index contributed by atoms with van der Waals surface area (Å²) in [4.78, 5) is 29.0. The molecular formula is C24H38Cl2N4O4. The van der Waals surface area contributed by atoms with E-state index in [9.17, 15) is 9.59 Å². The molecule has 10 heteroatoms. The second kappa shape index (κ2) is 14.6. The van der Waals surface area contributed by atoms with Crippen LogP contribution in [0.15, 0.2) is 24.3 Å². The lowest BCUT2D eigenvalue weighted by Crippen LogP contribution is -2.54. The van der Waals surface area contributed by atoms with Crippen LogP contribution < -0.4 is 15.4 Å². The van der Waals surface area contributed by atoms with Crippen molar-refractivity contribution in [3.05, 3.63) is 24.3 Å². The number of hydrogen-bond acceptors (Lipinski definition) is 6. The lowest BCUT2D eigenvalue weighted by atomic mass is 9.98. The zero-order valence-electron chi connectivity index (χ0n) is 19.7. The van der Waals surface area contributed by atoms with Crippen LogP contribution in [0.4, 0.5) is 10.5 Å². The van der Waals surface area contributed by atoms with Crippen molar-refractivity contribution in [2.75, 3.05) is 51.2 Å². The van der Waals surface area contributed by atoms with Crippen molar-refractivity contribution in [1.82, 2.24) is 15.1 Å². The number of halogens is 2. The van der Waals surface area contributed by atoms with Gasteiger partial charge in [0.05, 0.1) is 0 Å². The molecule has 0 aromatic heterocycles. The van der Waals surface area contributed by atoms with Crippen molar-refractivity contribution in [2.24, 2.45) is 0 Å². The number of carbonyl (C=O) groups excluding carboxylic acids is 2. The molecule has 2 heterocycles. The van der Waals surface area contributed by atoms with Crippen molar-refractivity contribution in [2.45, 2.75) is 57.1 Å². The third-order valence-electron chi connectivity index (χ3n) is 6.74. The normalized spacial score (nSPS) is 19.9. The van der Waals surface area contributed by atoms with Gasteiger partial charge < -0.3 is 25.0 Å². The number of hydrogen-bond donors (Lipinski definition) is 2. The van der Waals surface area contributed by atoms with Gasteiger partial charge in [-0.05, 0) is 75.9 Å². The van der Waals surface area contributed by atoms with Crippen LogP contribution in [-0.4, -0.2) is 79.8 Å². The first-order chi connectivity index (χ1) is 15.7. The first-order valence-electron chi connectivity index (χ1n) is 12.1. The van der Waals surface area contributed by atoms with E-state index >= 15 is 0 Å². The number of rotatable bonds is 6. The summed E-state index contributed by atoms with van der Waals surface area (Å²) < 4.78 is 11.0. The first kappa shape index (κ1) is 28.5. The van der Waals surface area contributed by atoms with Gasteiger partial charge in [-0.1, -0.05) is 6.42 Å². The maximum absolute atomic E-state index is 12.6. The van der Waals surface area contributed by atoms with Crippen LogP contribution in [-0.2, 0) is 9.53 Å². The summed E-state index contributed by atoms with van der Waals surface area (Å²) in [7, 11) is 0. The standard InChI is InChI=1S/C24H36N4O4.2ClH/c29-23(32-22-4-2-1-3-5-22)18-31-21-8-6-19(7-9-21)26-24(30)28-16-14-27(15-17-28)20-10-12-25-13-11-20;;/h6-9,20,22,25H,1-5,10-18H2,(H,26,30);2*1H. The summed E-state index contributed by atoms with van der Waals surface area (Å²) in [6.45, 7) is 5.45. The summed E-state index contributed by atoms with van der Waals surface area (Å²) in [5.74, 6) is 0.261. The Hall–Kier alpha value is -1.74. The van der Waals surface area contributed by atoms with Gasteiger partial charge in [0.1, 0.15) is 11.9 Å². The van der Waals surface area contributed by atoms with E-state index in [0.717, 1.165) is 65.0 Å². The number of nitrogens with zero attached hydrogens (tertiary/aromatic N) is 2. The molecule has 1 aliphatic carbocycles. The zero-order valence-corrected chi connectivity index (χ0v) is 21.3. The van der Waals surface area contributed by atoms with Crippen molar-refractivity contribution >= 4 is 42.5 Å². The molecule has 3 fully saturated rings. The Morgan fingerprint density at radius 3 is 2.21 bits per heavy atom. The van der Waals surface area contributed by atoms with Crippen LogP contribution in [0.1, 0.15) is 44.9 Å². The number of anilines is 1. The van der Waals surface area contributed by atoms with Gasteiger partial charge in [0, 0.05) is 37.9 Å². The van der Waals surface area contributed by atoms with Crippen LogP contribution in [0.5, 0.6) is 5.75 Å². The second-order valence-corrected chi connectivity index (χ2v) is 9.00. The van der Waals surface area contributed by atoms with Crippen molar-refractivity contribution in [3.63, 3.8) is 0 Å². The molecule has 2 aliphatic heterocycles. The lowest BCUT2D eigenvalue weighted by molar-refractivity contribution is -0.152. The third-order valence-corrected chi connectivity index (χ3v) is 6.74. The summed E-state index contributed by atoms with van der Waals surface area (Å²) >= 11 is 0. The molecule has 34 heavy (non-hydrogen) atoms. The second-order valence-electron chi connectivity index (χ2n) is 9.00. The lowest BCUT2D eigenvalue weighted by Gasteiger charge is -2.40. The van der Waals surface area contributed by atoms with E-state index in [0.29, 0.717) is 17.5 Å². The minimum atomic E-state index is -0.321. The van der Waals surface area contributed by atoms with Crippen molar-refractivity contribution in [1.29, 1.82) is 0 Å². The number of ether oxygens (including phenoxy) is 2. The molecular weight excluding hydrogens is 479 g/mol. The smallest absolute Gasteiger partial charge is 0.344 e. The Balaban J connectivity index is 0.00000204. The molecule has 3 aliphatic rings. The van der Waals surface area contributed by atoms with Crippen molar-refractivity contribution in [3.8, 4) is 5.75 Å². The van der Waals surface area contributed by atoms with E-state index in [1.165, 1.54) is 19.3 Å². The number of piperidine rings is 1. The molecule has 0 spiro atoms. The number of piperazine rings is 1. The molecule has 1 aromatic rings. The zero-order chi connectivity index (χ0) is 22.2. The number of amides is 2. The van der Waals surface area contributed by atoms with Crippen LogP contribution in [0.2, 0.25) is 0 Å². The van der Waals surface area contributed by atoms with E-state index < -0.39 is 0 Å². The summed E-state index contributed by atoms with van der Waals surface area (Å²) in [6, 6.07) is 7.70. The molecule has 0 bridgehead atoms. The number of benzene rings is 1. The van der Waals surface area contributed by atoms with E-state index in [1.54, 1.807) is 24.3 Å². The highest BCUT2D eigenvalue weighted by Gasteiger charge is 2.27. The van der Waals surface area contributed by atoms with E-state index in [1.807, 2.05) is 4.90 Å². The van der Waals surface area contributed by atoms with Gasteiger partial charge in [-0.15, -0.1) is 24.8 Å². The summed E-state index contributed by atoms with van der Waals surface area (Å²) in [5.41, 5.74) is 0.716. The Morgan fingerprint density at radius 1 is 0.912 bits per heavy atom. The molecule has 2 saturated heterocycles. The number of nitrogens with one attached hydrogen (secondary N) is 2. The molecule has 1 aromatic carbocycles. The highest BCUT2D eigenvalue weighted by Crippen LogP contribution is 2.21. The average Bonchev–Trinajstić information content (AvgIpc) is 2.85. The Bertz CT molecular complexity index is 748. The molecule has 0 radical (unpaired) electrons. The third kappa shape index (κ3) is 8.48. The van der Waals surface area contributed by atoms with Crippen molar-refractivity contribution < 1.29 is 19.1 Å². The first-order valence-corrected chi connectivity index (χ1v) is 12.1. The van der Waals surface area contributed by atoms with E-state index in [2.05, 4.69) is 15.5 Å². The predicted molar refractivity (Wildman–Crippen MR) is 137 cm³/mol. The molecule has 1 saturated carbocycles. The van der Waals surface area contributed by atoms with Crippen LogP contribution in [0.3, 0.4) is 0 Å². The monoisotopic (exact) mass is 516 g/mol. The van der Waals surface area contributed by atoms with Crippen LogP contribution >= 0.6 is 24.8 Å². The SMILES string of the molecule is Cl.Cl.O=C(COc1ccc(NC(=O)N2CCN(C3CCNCC3)CC2)cc1)OC1CCCCC1. The average molecular weight is 517 g/mol. The maximum Gasteiger partial charge on any atom is 0.344 e. The minimum Gasteiger partial charge on any atom is -0.482 e. The van der Waals surface area contributed by atoms with Gasteiger partial charge in [-0.2, -0.15) is 0 Å². The number of carbonyl (C=O) groups is 2. The molecule has 0 unspecified atom stereocenters. The van der Waals surface area contributed by atoms with E-state index in [-0.39, 0.29) is 49.5 Å². The molecule has 192 valence electrons. The van der Waals surface area contributed by atoms with Gasteiger partial charge in [-0.25, -0.2) is 9.59 Å². The number of urea groups is 1. The Labute approximate surface area is 214 Å². The van der Waals surface area contributed by atoms with Gasteiger partial charge >= 0.3 is 12.0 Å². The number of esters is 1. The van der Waals surface area contributed by atoms with Crippen LogP contribution in [0, 0.1) is 0 Å². The molecule has 2 amide bonds. The fraction of sp³-hybridized carbons (Fsp3) is 0.667. The topological polar surface area (TPSA) is 83.1 Å². The quantitative estimate of drug-likeness (QED) is 0.561. The fourth-order valence-electron chi connectivity index (χ4n) is 4.84.